The van der Waals surface area contributed by atoms with Gasteiger partial charge in [-0.15, -0.1) is 11.8 Å². The third-order valence-electron chi connectivity index (χ3n) is 2.33. The maximum absolute atomic E-state index is 5.74. The van der Waals surface area contributed by atoms with Crippen molar-refractivity contribution in [2.75, 3.05) is 12.4 Å². The van der Waals surface area contributed by atoms with Gasteiger partial charge in [-0.2, -0.15) is 0 Å². The van der Waals surface area contributed by atoms with Crippen molar-refractivity contribution in [2.45, 2.75) is 36.1 Å². The Balaban J connectivity index is 1.96. The van der Waals surface area contributed by atoms with Crippen molar-refractivity contribution in [2.24, 2.45) is 0 Å². The Morgan fingerprint density at radius 3 is 2.67 bits per heavy atom. The Bertz CT molecular complexity index is 513. The van der Waals surface area contributed by atoms with Gasteiger partial charge in [-0.25, -0.2) is 9.97 Å². The summed E-state index contributed by atoms with van der Waals surface area (Å²) in [7, 11) is 1.87. The summed E-state index contributed by atoms with van der Waals surface area (Å²) in [5.41, 5.74) is 0.0136. The van der Waals surface area contributed by atoms with E-state index in [0.29, 0.717) is 0 Å². The second-order valence-corrected chi connectivity index (χ2v) is 7.20. The minimum atomic E-state index is 0.0136. The lowest BCUT2D eigenvalue weighted by Crippen LogP contribution is -2.09. The molecule has 98 valence electrons. The highest BCUT2D eigenvalue weighted by molar-refractivity contribution is 8.00. The second kappa shape index (κ2) is 5.32. The molecule has 0 bridgehead atoms. The van der Waals surface area contributed by atoms with Crippen LogP contribution in [0.2, 0.25) is 0 Å². The molecule has 0 fully saturated rings. The minimum Gasteiger partial charge on any atom is -0.444 e. The van der Waals surface area contributed by atoms with Crippen LogP contribution >= 0.6 is 23.1 Å². The molecular weight excluding hydrogens is 266 g/mol. The van der Waals surface area contributed by atoms with Crippen molar-refractivity contribution >= 4 is 28.2 Å². The first kappa shape index (κ1) is 13.4. The van der Waals surface area contributed by atoms with Crippen LogP contribution in [0.15, 0.2) is 21.0 Å². The van der Waals surface area contributed by atoms with Gasteiger partial charge in [-0.1, -0.05) is 32.1 Å². The molecule has 0 spiro atoms. The van der Waals surface area contributed by atoms with Crippen LogP contribution in [0.25, 0.3) is 0 Å². The zero-order chi connectivity index (χ0) is 13.2. The number of anilines is 1. The van der Waals surface area contributed by atoms with Crippen molar-refractivity contribution in [1.82, 2.24) is 9.97 Å². The molecule has 0 saturated heterocycles. The molecular formula is C12H17N3OS2. The average Bonchev–Trinajstić information content (AvgIpc) is 2.94. The van der Waals surface area contributed by atoms with Gasteiger partial charge in [0.05, 0.1) is 22.4 Å². The van der Waals surface area contributed by atoms with Crippen molar-refractivity contribution in [1.29, 1.82) is 0 Å². The zero-order valence-corrected chi connectivity index (χ0v) is 12.6. The summed E-state index contributed by atoms with van der Waals surface area (Å²) in [5, 5.41) is 3.96. The van der Waals surface area contributed by atoms with Crippen LogP contribution in [0.1, 0.15) is 32.4 Å². The van der Waals surface area contributed by atoms with Crippen molar-refractivity contribution in [3.8, 4) is 0 Å². The highest BCUT2D eigenvalue weighted by atomic mass is 32.2. The fourth-order valence-electron chi connectivity index (χ4n) is 1.30. The fourth-order valence-corrected chi connectivity index (χ4v) is 2.98. The van der Waals surface area contributed by atoms with Gasteiger partial charge in [0.15, 0.2) is 5.13 Å². The van der Waals surface area contributed by atoms with E-state index in [1.165, 1.54) is 0 Å². The summed E-state index contributed by atoms with van der Waals surface area (Å²) in [6.45, 7) is 6.35. The minimum absolute atomic E-state index is 0.0136. The SMILES string of the molecule is CNc1ncc(SCc2ncc(C(C)(C)C)o2)s1. The van der Waals surface area contributed by atoms with E-state index in [2.05, 4.69) is 36.1 Å². The number of hydrogen-bond donors (Lipinski definition) is 1. The average molecular weight is 283 g/mol. The number of nitrogens with zero attached hydrogens (tertiary/aromatic N) is 2. The van der Waals surface area contributed by atoms with E-state index < -0.39 is 0 Å². The summed E-state index contributed by atoms with van der Waals surface area (Å²) in [6, 6.07) is 0. The highest BCUT2D eigenvalue weighted by Crippen LogP contribution is 2.31. The molecule has 6 heteroatoms. The van der Waals surface area contributed by atoms with Crippen LogP contribution in [0.3, 0.4) is 0 Å². The summed E-state index contributed by atoms with van der Waals surface area (Å²) >= 11 is 3.33. The van der Waals surface area contributed by atoms with Crippen LogP contribution in [0.5, 0.6) is 0 Å². The lowest BCUT2D eigenvalue weighted by molar-refractivity contribution is 0.391. The molecule has 2 aromatic rings. The lowest BCUT2D eigenvalue weighted by Gasteiger charge is -2.12. The van der Waals surface area contributed by atoms with Crippen molar-refractivity contribution in [3.05, 3.63) is 24.0 Å². The van der Waals surface area contributed by atoms with Gasteiger partial charge < -0.3 is 9.73 Å². The number of rotatable bonds is 4. The molecule has 0 aromatic carbocycles. The van der Waals surface area contributed by atoms with Crippen LogP contribution < -0.4 is 5.32 Å². The molecule has 0 aliphatic carbocycles. The topological polar surface area (TPSA) is 51.0 Å². The Morgan fingerprint density at radius 1 is 1.33 bits per heavy atom. The number of thioether (sulfide) groups is 1. The molecule has 18 heavy (non-hydrogen) atoms. The third kappa shape index (κ3) is 3.26. The van der Waals surface area contributed by atoms with E-state index in [4.69, 9.17) is 4.42 Å². The molecule has 0 saturated carbocycles. The fraction of sp³-hybridized carbons (Fsp3) is 0.500. The van der Waals surface area contributed by atoms with Crippen LogP contribution in [0, 0.1) is 0 Å². The third-order valence-corrected chi connectivity index (χ3v) is 4.52. The van der Waals surface area contributed by atoms with Gasteiger partial charge in [0.2, 0.25) is 5.89 Å². The molecule has 0 atom stereocenters. The maximum Gasteiger partial charge on any atom is 0.204 e. The molecule has 2 heterocycles. The summed E-state index contributed by atoms with van der Waals surface area (Å²) in [6.07, 6.45) is 3.69. The van der Waals surface area contributed by atoms with Crippen LogP contribution in [0.4, 0.5) is 5.13 Å². The Hall–Kier alpha value is -1.01. The number of aromatic nitrogens is 2. The summed E-state index contributed by atoms with van der Waals surface area (Å²) < 4.78 is 6.90. The number of nitrogens with one attached hydrogen (secondary N) is 1. The maximum atomic E-state index is 5.74. The number of oxazole rings is 1. The van der Waals surface area contributed by atoms with Crippen LogP contribution in [-0.2, 0) is 11.2 Å². The normalized spacial score (nSPS) is 11.8. The molecule has 0 amide bonds. The predicted molar refractivity (Wildman–Crippen MR) is 76.4 cm³/mol. The molecule has 0 radical (unpaired) electrons. The van der Waals surface area contributed by atoms with E-state index in [9.17, 15) is 0 Å². The first-order valence-electron chi connectivity index (χ1n) is 5.70. The molecule has 0 aliphatic rings. The van der Waals surface area contributed by atoms with E-state index in [1.807, 2.05) is 19.4 Å². The molecule has 4 nitrogen and oxygen atoms in total. The predicted octanol–water partition coefficient (Wildman–Crippen LogP) is 3.76. The standard InChI is InChI=1S/C12H17N3OS2/c1-12(2,3)8-5-14-9(16-8)7-17-10-6-15-11(13-4)18-10/h5-6H,7H2,1-4H3,(H,13,15). The molecule has 0 unspecified atom stereocenters. The number of hydrogen-bond acceptors (Lipinski definition) is 6. The van der Waals surface area contributed by atoms with Gasteiger partial charge in [-0.3, -0.25) is 0 Å². The van der Waals surface area contributed by atoms with E-state index in [-0.39, 0.29) is 5.41 Å². The van der Waals surface area contributed by atoms with E-state index >= 15 is 0 Å². The Kier molecular flexibility index (Phi) is 3.97. The van der Waals surface area contributed by atoms with Crippen molar-refractivity contribution in [3.63, 3.8) is 0 Å². The first-order valence-corrected chi connectivity index (χ1v) is 7.51. The van der Waals surface area contributed by atoms with Gasteiger partial charge >= 0.3 is 0 Å². The van der Waals surface area contributed by atoms with E-state index in [1.54, 1.807) is 23.1 Å². The van der Waals surface area contributed by atoms with Gasteiger partial charge in [0, 0.05) is 12.5 Å². The van der Waals surface area contributed by atoms with Gasteiger partial charge in [-0.05, 0) is 0 Å². The number of thiazole rings is 1. The Labute approximate surface area is 115 Å². The molecule has 2 aromatic heterocycles. The largest absolute Gasteiger partial charge is 0.444 e. The first-order chi connectivity index (χ1) is 8.49. The monoisotopic (exact) mass is 283 g/mol. The van der Waals surface area contributed by atoms with Crippen LogP contribution in [-0.4, -0.2) is 17.0 Å². The lowest BCUT2D eigenvalue weighted by atomic mass is 9.94. The molecule has 0 aliphatic heterocycles. The summed E-state index contributed by atoms with van der Waals surface area (Å²) in [4.78, 5) is 8.53. The molecule has 2 rings (SSSR count). The van der Waals surface area contributed by atoms with Gasteiger partial charge in [0.25, 0.3) is 0 Å². The Morgan fingerprint density at radius 2 is 2.11 bits per heavy atom. The molecule has 1 N–H and O–H groups in total. The quantitative estimate of drug-likeness (QED) is 0.866. The van der Waals surface area contributed by atoms with E-state index in [0.717, 1.165) is 26.7 Å². The smallest absolute Gasteiger partial charge is 0.204 e. The van der Waals surface area contributed by atoms with Gasteiger partial charge in [0.1, 0.15) is 5.76 Å². The van der Waals surface area contributed by atoms with Crippen molar-refractivity contribution < 1.29 is 4.42 Å². The second-order valence-electron chi connectivity index (χ2n) is 4.89. The highest BCUT2D eigenvalue weighted by Gasteiger charge is 2.19. The zero-order valence-electron chi connectivity index (χ0n) is 11.0. The summed E-state index contributed by atoms with van der Waals surface area (Å²) in [5.74, 6) is 2.43.